The predicted octanol–water partition coefficient (Wildman–Crippen LogP) is 7.56. The first-order valence-electron chi connectivity index (χ1n) is 18.3. The molecule has 1 heterocycles. The van der Waals surface area contributed by atoms with Crippen LogP contribution in [0.1, 0.15) is 92.2 Å². The number of benzene rings is 2. The number of ether oxygens (including phenoxy) is 2. The molecular weight excluding hydrogens is 633 g/mol. The lowest BCUT2D eigenvalue weighted by atomic mass is 9.78. The van der Waals surface area contributed by atoms with Crippen molar-refractivity contribution < 1.29 is 19.1 Å². The zero-order valence-electron chi connectivity index (χ0n) is 29.8. The zero-order chi connectivity index (χ0) is 34.3. The van der Waals surface area contributed by atoms with Crippen LogP contribution in [0, 0.1) is 18.8 Å². The molecule has 9 heteroatoms. The van der Waals surface area contributed by atoms with E-state index < -0.39 is 0 Å². The molecule has 264 valence electrons. The minimum atomic E-state index is -0.0692. The van der Waals surface area contributed by atoms with E-state index in [1.165, 1.54) is 33.9 Å². The number of hydrogen-bond donors (Lipinski definition) is 1. The van der Waals surface area contributed by atoms with Crippen LogP contribution in [0.25, 0.3) is 10.4 Å². The van der Waals surface area contributed by atoms with Crippen molar-refractivity contribution in [3.05, 3.63) is 64.8 Å². The molecule has 0 atom stereocenters. The second-order valence-corrected chi connectivity index (χ2v) is 15.8. The second-order valence-electron chi connectivity index (χ2n) is 14.8. The maximum absolute atomic E-state index is 14.5. The first-order valence-corrected chi connectivity index (χ1v) is 19.1. The zero-order valence-corrected chi connectivity index (χ0v) is 30.6. The number of aromatic nitrogens is 1. The van der Waals surface area contributed by atoms with Crippen LogP contribution < -0.4 is 15.0 Å². The quantitative estimate of drug-likeness (QED) is 0.176. The molecule has 1 aromatic heterocycles. The van der Waals surface area contributed by atoms with Crippen molar-refractivity contribution in [1.82, 2.24) is 15.2 Å². The number of hydrogen-bond acceptors (Lipinski definition) is 7. The largest absolute Gasteiger partial charge is 0.496 e. The van der Waals surface area contributed by atoms with E-state index in [0.717, 1.165) is 81.5 Å². The Morgan fingerprint density at radius 2 is 1.69 bits per heavy atom. The number of methoxy groups -OCH3 is 1. The SMILES string of the molecule is COc1ccc([C@H]2CC[C@H](CN(c3cccc(-c4cnc(C5CC5)s4)c3)C(=O)[C@H]3CC[C@H](NC(=O)COCCN(C)C)CC3)CC2)cc1C. The molecule has 2 amide bonds. The molecule has 0 spiro atoms. The van der Waals surface area contributed by atoms with Crippen LogP contribution in [0.5, 0.6) is 5.75 Å². The Balaban J connectivity index is 1.11. The molecule has 0 radical (unpaired) electrons. The monoisotopic (exact) mass is 686 g/mol. The third kappa shape index (κ3) is 9.50. The van der Waals surface area contributed by atoms with Gasteiger partial charge in [-0.2, -0.15) is 0 Å². The summed E-state index contributed by atoms with van der Waals surface area (Å²) in [6.45, 7) is 4.27. The van der Waals surface area contributed by atoms with E-state index in [2.05, 4.69) is 59.6 Å². The Hall–Kier alpha value is -3.27. The van der Waals surface area contributed by atoms with Crippen molar-refractivity contribution in [1.29, 1.82) is 0 Å². The molecule has 3 aliphatic rings. The van der Waals surface area contributed by atoms with E-state index in [1.54, 1.807) is 18.4 Å². The van der Waals surface area contributed by atoms with Crippen molar-refractivity contribution in [2.45, 2.75) is 89.0 Å². The van der Waals surface area contributed by atoms with Crippen LogP contribution in [0.4, 0.5) is 5.69 Å². The summed E-state index contributed by atoms with van der Waals surface area (Å²) in [4.78, 5) is 37.0. The molecule has 3 saturated carbocycles. The minimum Gasteiger partial charge on any atom is -0.496 e. The van der Waals surface area contributed by atoms with Gasteiger partial charge in [-0.15, -0.1) is 11.3 Å². The fourth-order valence-electron chi connectivity index (χ4n) is 7.57. The molecule has 3 fully saturated rings. The van der Waals surface area contributed by atoms with Gasteiger partial charge >= 0.3 is 0 Å². The van der Waals surface area contributed by atoms with Crippen molar-refractivity contribution in [2.75, 3.05) is 52.4 Å². The molecule has 6 rings (SSSR count). The van der Waals surface area contributed by atoms with E-state index in [9.17, 15) is 9.59 Å². The van der Waals surface area contributed by atoms with Gasteiger partial charge in [0.2, 0.25) is 11.8 Å². The number of nitrogens with zero attached hydrogens (tertiary/aromatic N) is 3. The molecule has 1 N–H and O–H groups in total. The lowest BCUT2D eigenvalue weighted by Crippen LogP contribution is -2.44. The van der Waals surface area contributed by atoms with Gasteiger partial charge in [0, 0.05) is 42.9 Å². The Morgan fingerprint density at radius 1 is 0.939 bits per heavy atom. The van der Waals surface area contributed by atoms with Crippen molar-refractivity contribution in [3.8, 4) is 16.2 Å². The standard InChI is InChI=1S/C40H54N4O4S/c1-27-22-32(16-19-36(27)47-4)29-10-8-28(9-11-29)25-44(35-7-5-6-33(23-35)37-24-41-39(49-37)30-12-13-30)40(46)31-14-17-34(18-15-31)42-38(45)26-48-21-20-43(2)3/h5-7,16,19,22-24,28-31,34H,8-15,17-18,20-21,25-26H2,1-4H3,(H,42,45)/t28-,29-,31-,34-. The number of likely N-dealkylation sites (N-methyl/N-ethyl adjacent to an activating group) is 1. The van der Waals surface area contributed by atoms with Gasteiger partial charge in [-0.05, 0) is 132 Å². The molecule has 2 aromatic carbocycles. The van der Waals surface area contributed by atoms with Gasteiger partial charge in [-0.25, -0.2) is 4.98 Å². The first-order chi connectivity index (χ1) is 23.8. The summed E-state index contributed by atoms with van der Waals surface area (Å²) in [7, 11) is 5.71. The number of nitrogens with one attached hydrogen (secondary N) is 1. The van der Waals surface area contributed by atoms with Gasteiger partial charge in [0.15, 0.2) is 0 Å². The lowest BCUT2D eigenvalue weighted by molar-refractivity contribution is -0.127. The predicted molar refractivity (Wildman–Crippen MR) is 198 cm³/mol. The van der Waals surface area contributed by atoms with Crippen LogP contribution in [0.2, 0.25) is 0 Å². The Labute approximate surface area is 296 Å². The van der Waals surface area contributed by atoms with Crippen molar-refractivity contribution in [3.63, 3.8) is 0 Å². The fourth-order valence-corrected chi connectivity index (χ4v) is 8.65. The summed E-state index contributed by atoms with van der Waals surface area (Å²) in [6.07, 6.45) is 12.2. The summed E-state index contributed by atoms with van der Waals surface area (Å²) >= 11 is 1.79. The van der Waals surface area contributed by atoms with Gasteiger partial charge in [-0.3, -0.25) is 9.59 Å². The molecule has 3 aromatic rings. The Bertz CT molecular complexity index is 1550. The highest BCUT2D eigenvalue weighted by Gasteiger charge is 2.33. The molecule has 0 aliphatic heterocycles. The number of thiazole rings is 1. The van der Waals surface area contributed by atoms with Gasteiger partial charge in [0.25, 0.3) is 0 Å². The molecule has 0 bridgehead atoms. The first kappa shape index (κ1) is 35.6. The summed E-state index contributed by atoms with van der Waals surface area (Å²) < 4.78 is 11.0. The van der Waals surface area contributed by atoms with Crippen LogP contribution in [0.15, 0.2) is 48.7 Å². The van der Waals surface area contributed by atoms with Gasteiger partial charge in [0.05, 0.1) is 23.6 Å². The van der Waals surface area contributed by atoms with Crippen LogP contribution in [-0.2, 0) is 14.3 Å². The highest BCUT2D eigenvalue weighted by molar-refractivity contribution is 7.15. The molecule has 3 aliphatic carbocycles. The molecule has 0 saturated heterocycles. The second kappa shape index (κ2) is 16.6. The number of aryl methyl sites for hydroxylation is 1. The normalized spacial score (nSPS) is 22.6. The van der Waals surface area contributed by atoms with E-state index >= 15 is 0 Å². The number of amides is 2. The van der Waals surface area contributed by atoms with Crippen LogP contribution in [0.3, 0.4) is 0 Å². The molecule has 49 heavy (non-hydrogen) atoms. The van der Waals surface area contributed by atoms with E-state index in [4.69, 9.17) is 14.5 Å². The van der Waals surface area contributed by atoms with Crippen molar-refractivity contribution >= 4 is 28.8 Å². The lowest BCUT2D eigenvalue weighted by Gasteiger charge is -2.36. The van der Waals surface area contributed by atoms with Crippen LogP contribution in [-0.4, -0.2) is 75.2 Å². The smallest absolute Gasteiger partial charge is 0.246 e. The fraction of sp³-hybridized carbons (Fsp3) is 0.575. The van der Waals surface area contributed by atoms with Crippen molar-refractivity contribution in [2.24, 2.45) is 11.8 Å². The molecule has 0 unspecified atom stereocenters. The van der Waals surface area contributed by atoms with Gasteiger partial charge < -0.3 is 24.6 Å². The van der Waals surface area contributed by atoms with E-state index in [0.29, 0.717) is 24.4 Å². The average molecular weight is 687 g/mol. The summed E-state index contributed by atoms with van der Waals surface area (Å²) in [5.74, 6) is 2.69. The number of carbonyl (C=O) groups excluding carboxylic acids is 2. The highest BCUT2D eigenvalue weighted by Crippen LogP contribution is 2.44. The van der Waals surface area contributed by atoms with Gasteiger partial charge in [-0.1, -0.05) is 24.3 Å². The number of anilines is 1. The third-order valence-corrected chi connectivity index (χ3v) is 11.9. The van der Waals surface area contributed by atoms with Crippen LogP contribution >= 0.6 is 11.3 Å². The minimum absolute atomic E-state index is 0.0448. The topological polar surface area (TPSA) is 84.0 Å². The summed E-state index contributed by atoms with van der Waals surface area (Å²) in [5, 5.41) is 4.38. The maximum Gasteiger partial charge on any atom is 0.246 e. The summed E-state index contributed by atoms with van der Waals surface area (Å²) in [5.41, 5.74) is 4.71. The third-order valence-electron chi connectivity index (χ3n) is 10.7. The molecule has 8 nitrogen and oxygen atoms in total. The Morgan fingerprint density at radius 3 is 2.39 bits per heavy atom. The van der Waals surface area contributed by atoms with E-state index in [1.807, 2.05) is 25.2 Å². The maximum atomic E-state index is 14.5. The highest BCUT2D eigenvalue weighted by atomic mass is 32.1. The number of rotatable bonds is 14. The average Bonchev–Trinajstić information content (AvgIpc) is 3.85. The molecular formula is C40H54N4O4S. The number of carbonyl (C=O) groups is 2. The Kier molecular flexibility index (Phi) is 12.1. The van der Waals surface area contributed by atoms with E-state index in [-0.39, 0.29) is 30.4 Å². The summed E-state index contributed by atoms with van der Waals surface area (Å²) in [6, 6.07) is 15.3. The van der Waals surface area contributed by atoms with Gasteiger partial charge in [0.1, 0.15) is 12.4 Å².